The largest absolute Gasteiger partial charge is 0.497 e. The minimum absolute atomic E-state index is 0.646. The molecule has 0 aliphatic rings. The molecule has 3 rings (SSSR count). The zero-order chi connectivity index (χ0) is 15.5. The van der Waals surface area contributed by atoms with Crippen molar-refractivity contribution >= 4 is 22.7 Å². The summed E-state index contributed by atoms with van der Waals surface area (Å²) in [5.41, 5.74) is 2.34. The molecule has 0 atom stereocenters. The second-order valence-corrected chi connectivity index (χ2v) is 4.65. The average Bonchev–Trinajstić information content (AvgIpc) is 2.98. The Bertz CT molecular complexity index is 777. The van der Waals surface area contributed by atoms with Crippen LogP contribution in [0.25, 0.3) is 11.2 Å². The van der Waals surface area contributed by atoms with Gasteiger partial charge in [0.15, 0.2) is 17.0 Å². The van der Waals surface area contributed by atoms with Crippen LogP contribution < -0.4 is 14.8 Å². The third kappa shape index (κ3) is 2.52. The predicted molar refractivity (Wildman–Crippen MR) is 83.8 cm³/mol. The zero-order valence-electron chi connectivity index (χ0n) is 12.7. The smallest absolute Gasteiger partial charge is 0.165 e. The molecule has 0 aliphatic carbocycles. The van der Waals surface area contributed by atoms with Gasteiger partial charge in [-0.15, -0.1) is 0 Å². The first-order valence-electron chi connectivity index (χ1n) is 6.91. The van der Waals surface area contributed by atoms with Gasteiger partial charge in [-0.3, -0.25) is 0 Å². The summed E-state index contributed by atoms with van der Waals surface area (Å²) in [7, 11) is 3.23. The van der Waals surface area contributed by atoms with E-state index in [1.54, 1.807) is 20.5 Å². The van der Waals surface area contributed by atoms with Gasteiger partial charge in [0.25, 0.3) is 0 Å². The molecule has 0 bridgehead atoms. The summed E-state index contributed by atoms with van der Waals surface area (Å²) in [4.78, 5) is 12.9. The van der Waals surface area contributed by atoms with Crippen LogP contribution in [0.2, 0.25) is 0 Å². The van der Waals surface area contributed by atoms with Crippen LogP contribution in [0.15, 0.2) is 30.9 Å². The molecule has 7 heteroatoms. The highest BCUT2D eigenvalue weighted by molar-refractivity contribution is 5.85. The van der Waals surface area contributed by atoms with E-state index in [4.69, 9.17) is 9.47 Å². The highest BCUT2D eigenvalue weighted by atomic mass is 16.5. The van der Waals surface area contributed by atoms with E-state index in [0.717, 1.165) is 23.4 Å². The average molecular weight is 299 g/mol. The first kappa shape index (κ1) is 14.1. The highest BCUT2D eigenvalue weighted by Crippen LogP contribution is 2.29. The minimum atomic E-state index is 0.646. The maximum Gasteiger partial charge on any atom is 0.165 e. The molecular formula is C15H17N5O2. The molecule has 22 heavy (non-hydrogen) atoms. The Morgan fingerprint density at radius 1 is 1.05 bits per heavy atom. The third-order valence-corrected chi connectivity index (χ3v) is 3.36. The maximum absolute atomic E-state index is 5.27. The number of methoxy groups -OCH3 is 2. The summed E-state index contributed by atoms with van der Waals surface area (Å²) in [5.74, 6) is 2.05. The number of nitrogens with one attached hydrogen (secondary N) is 1. The van der Waals surface area contributed by atoms with E-state index in [9.17, 15) is 0 Å². The molecule has 3 aromatic rings. The van der Waals surface area contributed by atoms with Crippen LogP contribution in [0.1, 0.15) is 6.92 Å². The van der Waals surface area contributed by atoms with Crippen LogP contribution in [0.3, 0.4) is 0 Å². The molecule has 0 aliphatic heterocycles. The molecule has 7 nitrogen and oxygen atoms in total. The van der Waals surface area contributed by atoms with Crippen molar-refractivity contribution in [1.29, 1.82) is 0 Å². The maximum atomic E-state index is 5.27. The Morgan fingerprint density at radius 2 is 1.77 bits per heavy atom. The van der Waals surface area contributed by atoms with E-state index < -0.39 is 0 Å². The first-order valence-corrected chi connectivity index (χ1v) is 6.91. The second-order valence-electron chi connectivity index (χ2n) is 4.65. The van der Waals surface area contributed by atoms with Gasteiger partial charge in [-0.05, 0) is 6.92 Å². The van der Waals surface area contributed by atoms with Crippen molar-refractivity contribution in [2.75, 3.05) is 19.5 Å². The molecule has 2 aromatic heterocycles. The van der Waals surface area contributed by atoms with Crippen LogP contribution in [0, 0.1) is 0 Å². The summed E-state index contributed by atoms with van der Waals surface area (Å²) in [6.07, 6.45) is 3.28. The monoisotopic (exact) mass is 299 g/mol. The van der Waals surface area contributed by atoms with Crippen molar-refractivity contribution in [3.63, 3.8) is 0 Å². The quantitative estimate of drug-likeness (QED) is 0.780. The van der Waals surface area contributed by atoms with E-state index in [1.807, 2.05) is 29.7 Å². The van der Waals surface area contributed by atoms with E-state index in [2.05, 4.69) is 20.3 Å². The Balaban J connectivity index is 2.01. The van der Waals surface area contributed by atoms with Gasteiger partial charge in [0, 0.05) is 30.4 Å². The summed E-state index contributed by atoms with van der Waals surface area (Å²) in [6, 6.07) is 5.55. The summed E-state index contributed by atoms with van der Waals surface area (Å²) in [5, 5.41) is 3.25. The molecule has 0 spiro atoms. The number of rotatable bonds is 5. The number of anilines is 2. The second kappa shape index (κ2) is 5.88. The molecule has 0 unspecified atom stereocenters. The fourth-order valence-electron chi connectivity index (χ4n) is 2.22. The van der Waals surface area contributed by atoms with Crippen molar-refractivity contribution in [2.24, 2.45) is 0 Å². The first-order chi connectivity index (χ1) is 10.7. The number of ether oxygens (including phenoxy) is 2. The van der Waals surface area contributed by atoms with E-state index in [0.29, 0.717) is 17.3 Å². The zero-order valence-corrected chi connectivity index (χ0v) is 12.7. The molecule has 0 fully saturated rings. The molecule has 1 aromatic carbocycles. The van der Waals surface area contributed by atoms with Crippen LogP contribution >= 0.6 is 0 Å². The van der Waals surface area contributed by atoms with Gasteiger partial charge < -0.3 is 19.4 Å². The fraction of sp³-hybridized carbons (Fsp3) is 0.267. The lowest BCUT2D eigenvalue weighted by Gasteiger charge is -2.10. The van der Waals surface area contributed by atoms with E-state index in [1.165, 1.54) is 6.33 Å². The Hall–Kier alpha value is -2.83. The van der Waals surface area contributed by atoms with Crippen molar-refractivity contribution in [3.05, 3.63) is 30.9 Å². The van der Waals surface area contributed by atoms with Crippen molar-refractivity contribution in [3.8, 4) is 11.5 Å². The standard InChI is InChI=1S/C15H17N5O2/c1-4-20-9-18-13-14(16-8-17-15(13)20)19-10-5-11(21-2)7-12(6-10)22-3/h5-9H,4H2,1-3H3,(H,16,17,19). The van der Waals surface area contributed by atoms with Gasteiger partial charge in [0.2, 0.25) is 0 Å². The number of fused-ring (bicyclic) bond motifs is 1. The number of aromatic nitrogens is 4. The molecule has 0 saturated heterocycles. The van der Waals surface area contributed by atoms with Crippen LogP contribution in [-0.2, 0) is 6.54 Å². The third-order valence-electron chi connectivity index (χ3n) is 3.36. The fourth-order valence-corrected chi connectivity index (χ4v) is 2.22. The number of imidazole rings is 1. The number of nitrogens with zero attached hydrogens (tertiary/aromatic N) is 4. The molecule has 114 valence electrons. The normalized spacial score (nSPS) is 10.7. The van der Waals surface area contributed by atoms with Gasteiger partial charge in [0.1, 0.15) is 17.8 Å². The highest BCUT2D eigenvalue weighted by Gasteiger charge is 2.10. The van der Waals surface area contributed by atoms with Crippen LogP contribution in [0.5, 0.6) is 11.5 Å². The lowest BCUT2D eigenvalue weighted by molar-refractivity contribution is 0.395. The summed E-state index contributed by atoms with van der Waals surface area (Å²) in [6.45, 7) is 2.85. The van der Waals surface area contributed by atoms with Gasteiger partial charge in [-0.1, -0.05) is 0 Å². The Labute approximate surface area is 127 Å². The van der Waals surface area contributed by atoms with E-state index >= 15 is 0 Å². The molecule has 0 radical (unpaired) electrons. The molecule has 2 heterocycles. The molecule has 1 N–H and O–H groups in total. The predicted octanol–water partition coefficient (Wildman–Crippen LogP) is 2.61. The van der Waals surface area contributed by atoms with Crippen molar-refractivity contribution < 1.29 is 9.47 Å². The Morgan fingerprint density at radius 3 is 2.41 bits per heavy atom. The summed E-state index contributed by atoms with van der Waals surface area (Å²) < 4.78 is 12.5. The van der Waals surface area contributed by atoms with Gasteiger partial charge in [-0.25, -0.2) is 15.0 Å². The van der Waals surface area contributed by atoms with Crippen molar-refractivity contribution in [1.82, 2.24) is 19.5 Å². The van der Waals surface area contributed by atoms with Crippen LogP contribution in [0.4, 0.5) is 11.5 Å². The topological polar surface area (TPSA) is 74.1 Å². The van der Waals surface area contributed by atoms with Gasteiger partial charge in [-0.2, -0.15) is 0 Å². The number of hydrogen-bond acceptors (Lipinski definition) is 6. The molecule has 0 amide bonds. The lowest BCUT2D eigenvalue weighted by Crippen LogP contribution is -1.99. The molecular weight excluding hydrogens is 282 g/mol. The van der Waals surface area contributed by atoms with Crippen molar-refractivity contribution in [2.45, 2.75) is 13.5 Å². The number of benzene rings is 1. The van der Waals surface area contributed by atoms with E-state index in [-0.39, 0.29) is 0 Å². The lowest BCUT2D eigenvalue weighted by atomic mass is 10.2. The SMILES string of the molecule is CCn1cnc2c(Nc3cc(OC)cc(OC)c3)ncnc21. The van der Waals surface area contributed by atoms with Crippen LogP contribution in [-0.4, -0.2) is 33.7 Å². The number of hydrogen-bond donors (Lipinski definition) is 1. The molecule has 0 saturated carbocycles. The summed E-state index contributed by atoms with van der Waals surface area (Å²) >= 11 is 0. The van der Waals surface area contributed by atoms with Gasteiger partial charge in [0.05, 0.1) is 20.5 Å². The minimum Gasteiger partial charge on any atom is -0.497 e. The number of aryl methyl sites for hydroxylation is 1. The van der Waals surface area contributed by atoms with Gasteiger partial charge >= 0.3 is 0 Å². The Kier molecular flexibility index (Phi) is 3.78.